The summed E-state index contributed by atoms with van der Waals surface area (Å²) in [6, 6.07) is 0. The number of hydrogen-bond donors (Lipinski definition) is 0. The molecule has 1 fully saturated rings. The second-order valence-electron chi connectivity index (χ2n) is 9.50. The summed E-state index contributed by atoms with van der Waals surface area (Å²) in [4.78, 5) is 0. The highest BCUT2D eigenvalue weighted by atomic mass is 127. The lowest BCUT2D eigenvalue weighted by Crippen LogP contribution is -2.24. The molecule has 0 saturated heterocycles. The van der Waals surface area contributed by atoms with E-state index in [1.807, 2.05) is 31.2 Å². The predicted molar refractivity (Wildman–Crippen MR) is 133 cm³/mol. The fraction of sp³-hybridized carbons (Fsp3) is 0.630. The van der Waals surface area contributed by atoms with Gasteiger partial charge in [-0.2, -0.15) is 0 Å². The molecule has 0 heterocycles. The maximum absolute atomic E-state index is 14.8. The second-order valence-corrected chi connectivity index (χ2v) is 11.0. The van der Waals surface area contributed by atoms with E-state index >= 15 is 0 Å². The fourth-order valence-electron chi connectivity index (χ4n) is 5.62. The van der Waals surface area contributed by atoms with E-state index in [0.717, 1.165) is 44.9 Å². The first-order valence-corrected chi connectivity index (χ1v) is 13.2. The molecule has 0 aliphatic heterocycles. The normalized spacial score (nSPS) is 36.1. The van der Waals surface area contributed by atoms with Crippen molar-refractivity contribution in [2.75, 3.05) is 0 Å². The molecule has 0 amide bonds. The van der Waals surface area contributed by atoms with E-state index in [-0.39, 0.29) is 21.6 Å². The van der Waals surface area contributed by atoms with Crippen LogP contribution in [0.5, 0.6) is 0 Å². The first-order valence-electron chi connectivity index (χ1n) is 12.0. The molecule has 172 valence electrons. The standard InChI is InChI=1S/C27H36F3I/c1-3-5-6-19(4-2)23-15-13-21(26(29)27(23)30)12-9-18-7-10-20(11-8-18)22-14-16-25(31)24(28)17-22/h3,5-6,9,12,17-23,25H,1,4,7-8,10-11,13-16H2,2H3/b6-5-,12-9+/t18?,19-,20?,21-,22+,23-,25-/m0/s1. The van der Waals surface area contributed by atoms with Crippen LogP contribution in [0.25, 0.3) is 0 Å². The molecule has 0 N–H and O–H groups in total. The van der Waals surface area contributed by atoms with Crippen LogP contribution in [-0.4, -0.2) is 3.92 Å². The zero-order valence-corrected chi connectivity index (χ0v) is 20.7. The Morgan fingerprint density at radius 2 is 1.74 bits per heavy atom. The van der Waals surface area contributed by atoms with Crippen LogP contribution >= 0.6 is 22.6 Å². The zero-order valence-electron chi connectivity index (χ0n) is 18.6. The molecule has 0 aromatic carbocycles. The van der Waals surface area contributed by atoms with Gasteiger partial charge in [0.15, 0.2) is 0 Å². The third kappa shape index (κ3) is 6.39. The number of alkyl halides is 1. The van der Waals surface area contributed by atoms with Crippen LogP contribution in [-0.2, 0) is 0 Å². The summed E-state index contributed by atoms with van der Waals surface area (Å²) in [6.07, 6.45) is 19.9. The van der Waals surface area contributed by atoms with Crippen LogP contribution in [0.1, 0.15) is 64.7 Å². The number of rotatable bonds is 7. The Kier molecular flexibility index (Phi) is 9.54. The highest BCUT2D eigenvalue weighted by Gasteiger charge is 2.34. The SMILES string of the molecule is C=C/C=C\[C@H](CC)[C@@H]1CC[C@H](/C=C/C2CCC([C@H]3C=C(F)[C@@H](I)CC3)CC2)C(F)=C1F. The second kappa shape index (κ2) is 11.9. The van der Waals surface area contributed by atoms with Crippen LogP contribution < -0.4 is 0 Å². The van der Waals surface area contributed by atoms with Crippen molar-refractivity contribution in [2.24, 2.45) is 35.5 Å². The highest BCUT2D eigenvalue weighted by Crippen LogP contribution is 2.43. The molecule has 0 nitrogen and oxygen atoms in total. The fourth-order valence-corrected chi connectivity index (χ4v) is 6.19. The Bertz CT molecular complexity index is 727. The van der Waals surface area contributed by atoms with E-state index in [9.17, 15) is 13.2 Å². The van der Waals surface area contributed by atoms with Crippen molar-refractivity contribution in [3.63, 3.8) is 0 Å². The average Bonchev–Trinajstić information content (AvgIpc) is 2.78. The van der Waals surface area contributed by atoms with Crippen molar-refractivity contribution < 1.29 is 13.2 Å². The number of hydrogen-bond acceptors (Lipinski definition) is 0. The van der Waals surface area contributed by atoms with Gasteiger partial charge in [-0.25, -0.2) is 13.2 Å². The van der Waals surface area contributed by atoms with Gasteiger partial charge in [-0.15, -0.1) is 0 Å². The van der Waals surface area contributed by atoms with Crippen molar-refractivity contribution >= 4 is 22.6 Å². The van der Waals surface area contributed by atoms with Gasteiger partial charge in [0.2, 0.25) is 0 Å². The van der Waals surface area contributed by atoms with Crippen LogP contribution in [0.3, 0.4) is 0 Å². The summed E-state index contributed by atoms with van der Waals surface area (Å²) < 4.78 is 43.6. The highest BCUT2D eigenvalue weighted by molar-refractivity contribution is 14.1. The molecule has 0 radical (unpaired) electrons. The Balaban J connectivity index is 1.54. The first kappa shape index (κ1) is 24.9. The minimum Gasteiger partial charge on any atom is -0.211 e. The smallest absolute Gasteiger partial charge is 0.138 e. The summed E-state index contributed by atoms with van der Waals surface area (Å²) in [6.45, 7) is 5.69. The Morgan fingerprint density at radius 1 is 1.00 bits per heavy atom. The van der Waals surface area contributed by atoms with Gasteiger partial charge in [0.05, 0.1) is 3.92 Å². The van der Waals surface area contributed by atoms with Gasteiger partial charge in [0.25, 0.3) is 0 Å². The van der Waals surface area contributed by atoms with Gasteiger partial charge in [0, 0.05) is 11.8 Å². The molecular formula is C27H36F3I. The van der Waals surface area contributed by atoms with Crippen molar-refractivity contribution in [1.29, 1.82) is 0 Å². The van der Waals surface area contributed by atoms with Crippen LogP contribution in [0, 0.1) is 35.5 Å². The topological polar surface area (TPSA) is 0 Å². The molecule has 0 spiro atoms. The quantitative estimate of drug-likeness (QED) is 0.130. The van der Waals surface area contributed by atoms with Gasteiger partial charge in [-0.3, -0.25) is 0 Å². The molecule has 3 aliphatic rings. The Labute approximate surface area is 200 Å². The maximum Gasteiger partial charge on any atom is 0.138 e. The van der Waals surface area contributed by atoms with Crippen LogP contribution in [0.4, 0.5) is 13.2 Å². The van der Waals surface area contributed by atoms with E-state index in [0.29, 0.717) is 30.6 Å². The van der Waals surface area contributed by atoms with Crippen LogP contribution in [0.15, 0.2) is 60.5 Å². The molecule has 5 atom stereocenters. The molecule has 0 aromatic heterocycles. The molecule has 0 unspecified atom stereocenters. The molecule has 4 heteroatoms. The lowest BCUT2D eigenvalue weighted by Gasteiger charge is -2.34. The van der Waals surface area contributed by atoms with Crippen molar-refractivity contribution in [1.82, 2.24) is 0 Å². The minimum atomic E-state index is -0.567. The molecule has 3 rings (SSSR count). The predicted octanol–water partition coefficient (Wildman–Crippen LogP) is 9.36. The van der Waals surface area contributed by atoms with Crippen molar-refractivity contribution in [3.05, 3.63) is 60.5 Å². The van der Waals surface area contributed by atoms with E-state index in [4.69, 9.17) is 0 Å². The molecule has 1 saturated carbocycles. The molecule has 0 bridgehead atoms. The first-order chi connectivity index (χ1) is 14.9. The van der Waals surface area contributed by atoms with E-state index < -0.39 is 17.6 Å². The number of allylic oxidation sites excluding steroid dienone is 9. The van der Waals surface area contributed by atoms with Gasteiger partial charge in [0.1, 0.15) is 17.5 Å². The molecular weight excluding hydrogens is 508 g/mol. The van der Waals surface area contributed by atoms with Gasteiger partial charge in [-0.05, 0) is 87.5 Å². The van der Waals surface area contributed by atoms with Gasteiger partial charge < -0.3 is 0 Å². The van der Waals surface area contributed by atoms with Crippen molar-refractivity contribution in [3.8, 4) is 0 Å². The van der Waals surface area contributed by atoms with E-state index in [2.05, 4.69) is 35.2 Å². The summed E-state index contributed by atoms with van der Waals surface area (Å²) in [5.41, 5.74) is 0. The summed E-state index contributed by atoms with van der Waals surface area (Å²) >= 11 is 2.19. The molecule has 3 aliphatic carbocycles. The summed E-state index contributed by atoms with van der Waals surface area (Å²) in [5, 5.41) is 0. The monoisotopic (exact) mass is 544 g/mol. The molecule has 0 aromatic rings. The third-order valence-electron chi connectivity index (χ3n) is 7.61. The summed E-state index contributed by atoms with van der Waals surface area (Å²) in [7, 11) is 0. The maximum atomic E-state index is 14.8. The van der Waals surface area contributed by atoms with E-state index in [1.165, 1.54) is 0 Å². The third-order valence-corrected chi connectivity index (χ3v) is 8.83. The Hall–Kier alpha value is -0.780. The van der Waals surface area contributed by atoms with E-state index in [1.54, 1.807) is 6.08 Å². The lowest BCUT2D eigenvalue weighted by atomic mass is 9.72. The van der Waals surface area contributed by atoms with Crippen LogP contribution in [0.2, 0.25) is 0 Å². The largest absolute Gasteiger partial charge is 0.211 e. The Morgan fingerprint density at radius 3 is 2.39 bits per heavy atom. The van der Waals surface area contributed by atoms with Gasteiger partial charge in [-0.1, -0.05) is 66.5 Å². The average molecular weight is 544 g/mol. The van der Waals surface area contributed by atoms with Crippen molar-refractivity contribution in [2.45, 2.75) is 68.6 Å². The number of halogens is 4. The molecule has 31 heavy (non-hydrogen) atoms. The lowest BCUT2D eigenvalue weighted by molar-refractivity contribution is 0.234. The zero-order chi connectivity index (χ0) is 22.4. The van der Waals surface area contributed by atoms with Gasteiger partial charge >= 0.3 is 0 Å². The summed E-state index contributed by atoms with van der Waals surface area (Å²) in [5.74, 6) is -0.445. The minimum absolute atomic E-state index is 0.0186.